The first-order chi connectivity index (χ1) is 14.7. The van der Waals surface area contributed by atoms with Gasteiger partial charge in [0.2, 0.25) is 5.91 Å². The summed E-state index contributed by atoms with van der Waals surface area (Å²) < 4.78 is 6.17. The molecule has 0 aromatic carbocycles. The van der Waals surface area contributed by atoms with Gasteiger partial charge in [-0.2, -0.15) is 5.26 Å². The second-order valence-electron chi connectivity index (χ2n) is 8.37. The minimum absolute atomic E-state index is 0.0439. The first-order valence-corrected chi connectivity index (χ1v) is 10.5. The third-order valence-corrected chi connectivity index (χ3v) is 6.70. The quantitative estimate of drug-likeness (QED) is 0.752. The Morgan fingerprint density at radius 2 is 1.90 bits per heavy atom. The van der Waals surface area contributed by atoms with Crippen LogP contribution in [0.1, 0.15) is 43.2 Å². The zero-order chi connectivity index (χ0) is 20.6. The Balaban J connectivity index is 1.23. The van der Waals surface area contributed by atoms with Crippen LogP contribution in [-0.4, -0.2) is 57.5 Å². The average molecular weight is 404 g/mol. The van der Waals surface area contributed by atoms with Crippen molar-refractivity contribution in [1.29, 1.82) is 5.26 Å². The lowest BCUT2D eigenvalue weighted by Gasteiger charge is -2.44. The lowest BCUT2D eigenvalue weighted by atomic mass is 9.76. The van der Waals surface area contributed by atoms with E-state index >= 15 is 0 Å². The molecule has 2 bridgehead atoms. The van der Waals surface area contributed by atoms with E-state index in [9.17, 15) is 4.79 Å². The van der Waals surface area contributed by atoms with Gasteiger partial charge < -0.3 is 14.5 Å². The maximum absolute atomic E-state index is 13.0. The first-order valence-electron chi connectivity index (χ1n) is 10.5. The number of hydrogen-bond donors (Lipinski definition) is 0. The molecule has 1 unspecified atom stereocenters. The highest BCUT2D eigenvalue weighted by atomic mass is 16.5. The average Bonchev–Trinajstić information content (AvgIpc) is 3.02. The zero-order valence-corrected chi connectivity index (χ0v) is 16.8. The number of anilines is 1. The summed E-state index contributed by atoms with van der Waals surface area (Å²) in [5, 5.41) is 8.99. The van der Waals surface area contributed by atoms with Gasteiger partial charge in [-0.15, -0.1) is 0 Å². The maximum atomic E-state index is 13.0. The number of pyridine rings is 1. The van der Waals surface area contributed by atoms with E-state index in [4.69, 9.17) is 10.00 Å². The van der Waals surface area contributed by atoms with E-state index in [2.05, 4.69) is 25.9 Å². The predicted octanol–water partition coefficient (Wildman–Crippen LogP) is 2.02. The molecular formula is C22H24N6O2. The van der Waals surface area contributed by atoms with Gasteiger partial charge in [-0.3, -0.25) is 4.79 Å². The smallest absolute Gasteiger partial charge is 0.248 e. The minimum Gasteiger partial charge on any atom is -0.360 e. The standard InChI is InChI=1S/C22H24N6O2/c23-8-16-2-5-20(26-9-16)28-18-3-4-19(28)13-27(12-18)21(29)14-30-22(6-1-7-22)17-10-24-15-25-11-17/h2,5,9-11,15,18-19H,1,3-4,6-7,12-14H2/t18-,19?/m0/s1. The van der Waals surface area contributed by atoms with Crippen molar-refractivity contribution in [2.45, 2.75) is 49.8 Å². The molecule has 2 atom stereocenters. The number of amides is 1. The molecule has 0 spiro atoms. The largest absolute Gasteiger partial charge is 0.360 e. The van der Waals surface area contributed by atoms with Crippen LogP contribution in [-0.2, 0) is 15.1 Å². The number of aromatic nitrogens is 3. The van der Waals surface area contributed by atoms with Gasteiger partial charge in [0.25, 0.3) is 0 Å². The number of likely N-dealkylation sites (tertiary alicyclic amines) is 1. The summed E-state index contributed by atoms with van der Waals surface area (Å²) in [6.45, 7) is 1.45. The molecule has 2 saturated heterocycles. The molecule has 3 aliphatic rings. The van der Waals surface area contributed by atoms with Crippen LogP contribution in [0.25, 0.3) is 0 Å². The second-order valence-corrected chi connectivity index (χ2v) is 8.37. The van der Waals surface area contributed by atoms with E-state index in [0.29, 0.717) is 18.7 Å². The lowest BCUT2D eigenvalue weighted by Crippen LogP contribution is -2.56. The number of nitriles is 1. The maximum Gasteiger partial charge on any atom is 0.248 e. The van der Waals surface area contributed by atoms with E-state index in [0.717, 1.165) is 43.5 Å². The molecule has 8 nitrogen and oxygen atoms in total. The van der Waals surface area contributed by atoms with Crippen LogP contribution in [0.3, 0.4) is 0 Å². The molecule has 0 radical (unpaired) electrons. The normalized spacial score (nSPS) is 24.2. The molecule has 3 fully saturated rings. The van der Waals surface area contributed by atoms with Gasteiger partial charge in [0.1, 0.15) is 24.8 Å². The molecule has 1 aliphatic carbocycles. The van der Waals surface area contributed by atoms with Crippen molar-refractivity contribution in [1.82, 2.24) is 19.9 Å². The summed E-state index contributed by atoms with van der Waals surface area (Å²) in [5.74, 6) is 0.935. The molecule has 154 valence electrons. The Morgan fingerprint density at radius 1 is 1.17 bits per heavy atom. The Hall–Kier alpha value is -3.05. The fourth-order valence-corrected chi connectivity index (χ4v) is 4.93. The van der Waals surface area contributed by atoms with Crippen LogP contribution >= 0.6 is 0 Å². The fourth-order valence-electron chi connectivity index (χ4n) is 4.93. The van der Waals surface area contributed by atoms with Crippen LogP contribution in [0.5, 0.6) is 0 Å². The van der Waals surface area contributed by atoms with E-state index in [1.54, 1.807) is 24.7 Å². The SMILES string of the molecule is N#Cc1ccc(N2C3CC[C@H]2CN(C(=O)COC2(c4cncnc4)CCC2)C3)nc1. The minimum atomic E-state index is -0.413. The van der Waals surface area contributed by atoms with E-state index < -0.39 is 5.60 Å². The van der Waals surface area contributed by atoms with Gasteiger partial charge in [0.15, 0.2) is 0 Å². The van der Waals surface area contributed by atoms with E-state index in [1.165, 1.54) is 6.33 Å². The number of nitrogens with zero attached hydrogens (tertiary/aromatic N) is 6. The molecule has 0 N–H and O–H groups in total. The summed E-state index contributed by atoms with van der Waals surface area (Å²) in [4.78, 5) is 29.9. The van der Waals surface area contributed by atoms with Crippen LogP contribution in [0.15, 0.2) is 37.1 Å². The highest BCUT2D eigenvalue weighted by molar-refractivity contribution is 5.78. The van der Waals surface area contributed by atoms with Crippen LogP contribution in [0.4, 0.5) is 5.82 Å². The van der Waals surface area contributed by atoms with Gasteiger partial charge in [0, 0.05) is 49.3 Å². The molecule has 4 heterocycles. The van der Waals surface area contributed by atoms with Crippen molar-refractivity contribution in [3.8, 4) is 6.07 Å². The first kappa shape index (κ1) is 18.9. The molecule has 2 aromatic heterocycles. The number of rotatable bonds is 5. The van der Waals surface area contributed by atoms with E-state index in [1.807, 2.05) is 11.0 Å². The summed E-state index contributed by atoms with van der Waals surface area (Å²) in [6, 6.07) is 6.34. The third kappa shape index (κ3) is 3.29. The summed E-state index contributed by atoms with van der Waals surface area (Å²) >= 11 is 0. The summed E-state index contributed by atoms with van der Waals surface area (Å²) in [5.41, 5.74) is 1.11. The molecular weight excluding hydrogens is 380 g/mol. The van der Waals surface area contributed by atoms with Crippen molar-refractivity contribution in [2.24, 2.45) is 0 Å². The van der Waals surface area contributed by atoms with Gasteiger partial charge in [-0.05, 0) is 44.2 Å². The van der Waals surface area contributed by atoms with Crippen molar-refractivity contribution >= 4 is 11.7 Å². The highest BCUT2D eigenvalue weighted by Crippen LogP contribution is 2.44. The van der Waals surface area contributed by atoms with E-state index in [-0.39, 0.29) is 24.6 Å². The predicted molar refractivity (Wildman–Crippen MR) is 108 cm³/mol. The van der Waals surface area contributed by atoms with Gasteiger partial charge >= 0.3 is 0 Å². The van der Waals surface area contributed by atoms with Crippen LogP contribution in [0, 0.1) is 11.3 Å². The van der Waals surface area contributed by atoms with Crippen molar-refractivity contribution in [3.63, 3.8) is 0 Å². The molecule has 1 saturated carbocycles. The summed E-state index contributed by atoms with van der Waals surface area (Å²) in [6.07, 6.45) is 11.7. The van der Waals surface area contributed by atoms with Crippen molar-refractivity contribution in [2.75, 3.05) is 24.6 Å². The molecule has 30 heavy (non-hydrogen) atoms. The molecule has 2 aliphatic heterocycles. The lowest BCUT2D eigenvalue weighted by molar-refractivity contribution is -0.154. The topological polar surface area (TPSA) is 95.2 Å². The monoisotopic (exact) mass is 404 g/mol. The van der Waals surface area contributed by atoms with Crippen LogP contribution in [0.2, 0.25) is 0 Å². The van der Waals surface area contributed by atoms with Gasteiger partial charge in [-0.25, -0.2) is 15.0 Å². The number of carbonyl (C=O) groups excluding carboxylic acids is 1. The second kappa shape index (κ2) is 7.65. The number of hydrogen-bond acceptors (Lipinski definition) is 7. The van der Waals surface area contributed by atoms with Crippen LogP contribution < -0.4 is 4.90 Å². The number of ether oxygens (including phenoxy) is 1. The molecule has 1 amide bonds. The number of fused-ring (bicyclic) bond motifs is 2. The fraction of sp³-hybridized carbons (Fsp3) is 0.500. The molecule has 2 aromatic rings. The Bertz CT molecular complexity index is 940. The van der Waals surface area contributed by atoms with Crippen molar-refractivity contribution in [3.05, 3.63) is 48.2 Å². The third-order valence-electron chi connectivity index (χ3n) is 6.70. The number of carbonyl (C=O) groups is 1. The summed E-state index contributed by atoms with van der Waals surface area (Å²) in [7, 11) is 0. The zero-order valence-electron chi connectivity index (χ0n) is 16.8. The van der Waals surface area contributed by atoms with Crippen molar-refractivity contribution < 1.29 is 9.53 Å². The highest BCUT2D eigenvalue weighted by Gasteiger charge is 2.44. The Morgan fingerprint density at radius 3 is 2.47 bits per heavy atom. The molecule has 5 rings (SSSR count). The van der Waals surface area contributed by atoms with Gasteiger partial charge in [-0.1, -0.05) is 0 Å². The number of piperazine rings is 1. The van der Waals surface area contributed by atoms with Gasteiger partial charge in [0.05, 0.1) is 11.2 Å². The Kier molecular flexibility index (Phi) is 4.83. The Labute approximate surface area is 175 Å². The molecule has 8 heteroatoms.